The molecule has 0 atom stereocenters. The summed E-state index contributed by atoms with van der Waals surface area (Å²) in [5, 5.41) is 0. The molecule has 0 spiro atoms. The van der Waals surface area contributed by atoms with E-state index in [1.54, 1.807) is 18.3 Å². The molecule has 1 fully saturated rings. The first kappa shape index (κ1) is 14.1. The van der Waals surface area contributed by atoms with E-state index in [2.05, 4.69) is 20.9 Å². The lowest BCUT2D eigenvalue weighted by Crippen LogP contribution is -2.33. The van der Waals surface area contributed by atoms with E-state index in [-0.39, 0.29) is 5.91 Å². The third-order valence-electron chi connectivity index (χ3n) is 3.55. The highest BCUT2D eigenvalue weighted by atomic mass is 79.9. The van der Waals surface area contributed by atoms with Crippen molar-refractivity contribution in [3.8, 4) is 0 Å². The number of halogens is 1. The molecule has 21 heavy (non-hydrogen) atoms. The van der Waals surface area contributed by atoms with Gasteiger partial charge in [-0.15, -0.1) is 0 Å². The Kier molecular flexibility index (Phi) is 3.92. The second-order valence-corrected chi connectivity index (χ2v) is 6.13. The molecular formula is C16H16BrN3O. The number of aromatic nitrogens is 1. The third-order valence-corrected chi connectivity index (χ3v) is 4.05. The van der Waals surface area contributed by atoms with Crippen molar-refractivity contribution in [2.75, 3.05) is 5.73 Å². The summed E-state index contributed by atoms with van der Waals surface area (Å²) in [5.74, 6) is -0.0260. The maximum Gasteiger partial charge on any atom is 0.256 e. The normalized spacial score (nSPS) is 14.0. The van der Waals surface area contributed by atoms with Crippen molar-refractivity contribution in [2.24, 2.45) is 0 Å². The average molecular weight is 346 g/mol. The van der Waals surface area contributed by atoms with Gasteiger partial charge in [0.25, 0.3) is 5.91 Å². The standard InChI is InChI=1S/C16H16BrN3O/c17-11-4-7-15(18)14(9-11)16(21)20(13-5-6-13)10-12-3-1-2-8-19-12/h1-4,7-9,13H,5-6,10,18H2. The SMILES string of the molecule is Nc1ccc(Br)cc1C(=O)N(Cc1ccccn1)C1CC1. The number of hydrogen-bond donors (Lipinski definition) is 1. The van der Waals surface area contributed by atoms with E-state index in [0.29, 0.717) is 23.8 Å². The smallest absolute Gasteiger partial charge is 0.256 e. The van der Waals surface area contributed by atoms with E-state index in [1.165, 1.54) is 0 Å². The number of carbonyl (C=O) groups is 1. The molecule has 1 aliphatic carbocycles. The second-order valence-electron chi connectivity index (χ2n) is 5.22. The highest BCUT2D eigenvalue weighted by molar-refractivity contribution is 9.10. The number of anilines is 1. The molecular weight excluding hydrogens is 330 g/mol. The molecule has 2 N–H and O–H groups in total. The number of carbonyl (C=O) groups excluding carboxylic acids is 1. The lowest BCUT2D eigenvalue weighted by Gasteiger charge is -2.23. The quantitative estimate of drug-likeness (QED) is 0.865. The predicted molar refractivity (Wildman–Crippen MR) is 85.7 cm³/mol. The van der Waals surface area contributed by atoms with Gasteiger partial charge < -0.3 is 10.6 Å². The molecule has 0 bridgehead atoms. The fourth-order valence-corrected chi connectivity index (χ4v) is 2.65. The fraction of sp³-hybridized carbons (Fsp3) is 0.250. The van der Waals surface area contributed by atoms with Gasteiger partial charge in [-0.1, -0.05) is 22.0 Å². The van der Waals surface area contributed by atoms with Crippen LogP contribution in [-0.2, 0) is 6.54 Å². The van der Waals surface area contributed by atoms with Gasteiger partial charge in [0.2, 0.25) is 0 Å². The molecule has 2 aromatic rings. The first-order valence-electron chi connectivity index (χ1n) is 6.91. The van der Waals surface area contributed by atoms with Gasteiger partial charge in [0.1, 0.15) is 0 Å². The second kappa shape index (κ2) is 5.85. The van der Waals surface area contributed by atoms with Gasteiger partial charge in [-0.25, -0.2) is 0 Å². The molecule has 0 saturated heterocycles. The first-order chi connectivity index (χ1) is 10.1. The molecule has 1 aromatic heterocycles. The Bertz CT molecular complexity index is 656. The van der Waals surface area contributed by atoms with Gasteiger partial charge in [0.15, 0.2) is 0 Å². The summed E-state index contributed by atoms with van der Waals surface area (Å²) in [6, 6.07) is 11.4. The Hall–Kier alpha value is -1.88. The van der Waals surface area contributed by atoms with Gasteiger partial charge >= 0.3 is 0 Å². The molecule has 108 valence electrons. The van der Waals surface area contributed by atoms with Crippen LogP contribution in [0.2, 0.25) is 0 Å². The molecule has 4 nitrogen and oxygen atoms in total. The Morgan fingerprint density at radius 1 is 1.33 bits per heavy atom. The minimum atomic E-state index is -0.0260. The van der Waals surface area contributed by atoms with E-state index >= 15 is 0 Å². The monoisotopic (exact) mass is 345 g/mol. The molecule has 1 aromatic carbocycles. The number of hydrogen-bond acceptors (Lipinski definition) is 3. The zero-order valence-corrected chi connectivity index (χ0v) is 13.1. The molecule has 1 amide bonds. The number of amides is 1. The highest BCUT2D eigenvalue weighted by Crippen LogP contribution is 2.31. The van der Waals surface area contributed by atoms with Crippen LogP contribution in [0, 0.1) is 0 Å². The van der Waals surface area contributed by atoms with Crippen LogP contribution in [-0.4, -0.2) is 21.8 Å². The lowest BCUT2D eigenvalue weighted by molar-refractivity contribution is 0.0729. The van der Waals surface area contributed by atoms with Crippen LogP contribution in [0.3, 0.4) is 0 Å². The lowest BCUT2D eigenvalue weighted by atomic mass is 10.1. The Balaban J connectivity index is 1.87. The Labute approximate surface area is 132 Å². The number of rotatable bonds is 4. The maximum atomic E-state index is 12.8. The summed E-state index contributed by atoms with van der Waals surface area (Å²) in [6.07, 6.45) is 3.84. The van der Waals surface area contributed by atoms with Crippen LogP contribution in [0.1, 0.15) is 28.9 Å². The van der Waals surface area contributed by atoms with Crippen molar-refractivity contribution in [3.63, 3.8) is 0 Å². The Morgan fingerprint density at radius 2 is 2.14 bits per heavy atom. The molecule has 1 aliphatic rings. The largest absolute Gasteiger partial charge is 0.398 e. The van der Waals surface area contributed by atoms with Crippen LogP contribution in [0.15, 0.2) is 47.1 Å². The van der Waals surface area contributed by atoms with Crippen molar-refractivity contribution >= 4 is 27.5 Å². The minimum absolute atomic E-state index is 0.0260. The van der Waals surface area contributed by atoms with Gasteiger partial charge in [-0.2, -0.15) is 0 Å². The van der Waals surface area contributed by atoms with E-state index < -0.39 is 0 Å². The zero-order valence-electron chi connectivity index (χ0n) is 11.5. The van der Waals surface area contributed by atoms with Gasteiger partial charge in [0, 0.05) is 22.4 Å². The molecule has 0 unspecified atom stereocenters. The van der Waals surface area contributed by atoms with Crippen LogP contribution >= 0.6 is 15.9 Å². The van der Waals surface area contributed by atoms with Gasteiger partial charge in [-0.3, -0.25) is 9.78 Å². The third kappa shape index (κ3) is 3.24. The topological polar surface area (TPSA) is 59.2 Å². The molecule has 3 rings (SSSR count). The summed E-state index contributed by atoms with van der Waals surface area (Å²) >= 11 is 3.39. The van der Waals surface area contributed by atoms with Crippen LogP contribution in [0.25, 0.3) is 0 Å². The summed E-state index contributed by atoms with van der Waals surface area (Å²) < 4.78 is 0.855. The molecule has 0 radical (unpaired) electrons. The summed E-state index contributed by atoms with van der Waals surface area (Å²) in [4.78, 5) is 19.0. The van der Waals surface area contributed by atoms with E-state index in [0.717, 1.165) is 23.0 Å². The van der Waals surface area contributed by atoms with E-state index in [9.17, 15) is 4.79 Å². The average Bonchev–Trinajstić information content (AvgIpc) is 3.32. The zero-order chi connectivity index (χ0) is 14.8. The number of nitrogen functional groups attached to an aromatic ring is 1. The van der Waals surface area contributed by atoms with Crippen molar-refractivity contribution < 1.29 is 4.79 Å². The van der Waals surface area contributed by atoms with E-state index in [4.69, 9.17) is 5.73 Å². The van der Waals surface area contributed by atoms with Gasteiger partial charge in [-0.05, 0) is 43.2 Å². The summed E-state index contributed by atoms with van der Waals surface area (Å²) in [6.45, 7) is 0.524. The molecule has 1 heterocycles. The molecule has 1 saturated carbocycles. The highest BCUT2D eigenvalue weighted by Gasteiger charge is 2.34. The fourth-order valence-electron chi connectivity index (χ4n) is 2.29. The number of benzene rings is 1. The van der Waals surface area contributed by atoms with Crippen LogP contribution in [0.5, 0.6) is 0 Å². The van der Waals surface area contributed by atoms with Crippen molar-refractivity contribution in [2.45, 2.75) is 25.4 Å². The van der Waals surface area contributed by atoms with Crippen molar-refractivity contribution in [3.05, 3.63) is 58.3 Å². The van der Waals surface area contributed by atoms with Gasteiger partial charge in [0.05, 0.1) is 17.8 Å². The number of pyridine rings is 1. The molecule has 5 heteroatoms. The van der Waals surface area contributed by atoms with Crippen molar-refractivity contribution in [1.29, 1.82) is 0 Å². The minimum Gasteiger partial charge on any atom is -0.398 e. The first-order valence-corrected chi connectivity index (χ1v) is 7.70. The van der Waals surface area contributed by atoms with Crippen LogP contribution in [0.4, 0.5) is 5.69 Å². The van der Waals surface area contributed by atoms with E-state index in [1.807, 2.05) is 29.2 Å². The molecule has 0 aliphatic heterocycles. The maximum absolute atomic E-state index is 12.8. The summed E-state index contributed by atoms with van der Waals surface area (Å²) in [5.41, 5.74) is 7.91. The number of nitrogens with two attached hydrogens (primary N) is 1. The predicted octanol–water partition coefficient (Wildman–Crippen LogP) is 3.23. The van der Waals surface area contributed by atoms with Crippen LogP contribution < -0.4 is 5.73 Å². The summed E-state index contributed by atoms with van der Waals surface area (Å²) in [7, 11) is 0. The number of nitrogens with zero attached hydrogens (tertiary/aromatic N) is 2. The van der Waals surface area contributed by atoms with Crippen molar-refractivity contribution in [1.82, 2.24) is 9.88 Å². The Morgan fingerprint density at radius 3 is 2.81 bits per heavy atom.